The van der Waals surface area contributed by atoms with Gasteiger partial charge in [-0.3, -0.25) is 9.59 Å². The summed E-state index contributed by atoms with van der Waals surface area (Å²) in [5.74, 6) is 0.146. The largest absolute Gasteiger partial charge is 0.507 e. The fraction of sp³-hybridized carbons (Fsp3) is 0.407. The summed E-state index contributed by atoms with van der Waals surface area (Å²) in [5, 5.41) is 11.3. The zero-order valence-electron chi connectivity index (χ0n) is 20.5. The van der Waals surface area contributed by atoms with Gasteiger partial charge in [-0.2, -0.15) is 0 Å². The topological polar surface area (TPSA) is 88.5 Å². The van der Waals surface area contributed by atoms with Gasteiger partial charge in [0.25, 0.3) is 11.7 Å². The number of benzene rings is 2. The van der Waals surface area contributed by atoms with Crippen LogP contribution < -0.4 is 14.2 Å². The van der Waals surface area contributed by atoms with Crippen LogP contribution in [0.1, 0.15) is 36.9 Å². The lowest BCUT2D eigenvalue weighted by Gasteiger charge is -2.27. The number of nitrogens with zero attached hydrogens (tertiary/aromatic N) is 2. The van der Waals surface area contributed by atoms with Crippen LogP contribution in [-0.2, 0) is 9.59 Å². The van der Waals surface area contributed by atoms with Gasteiger partial charge in [-0.1, -0.05) is 25.5 Å². The van der Waals surface area contributed by atoms with Gasteiger partial charge >= 0.3 is 0 Å². The Bertz CT molecular complexity index is 1130. The maximum atomic E-state index is 13.2. The summed E-state index contributed by atoms with van der Waals surface area (Å²) in [6, 6.07) is 11.6. The van der Waals surface area contributed by atoms with E-state index in [1.807, 2.05) is 43.3 Å². The van der Waals surface area contributed by atoms with E-state index in [-0.39, 0.29) is 11.3 Å². The Labute approximate surface area is 205 Å². The Morgan fingerprint density at radius 3 is 2.63 bits per heavy atom. The second-order valence-corrected chi connectivity index (χ2v) is 8.93. The molecule has 35 heavy (non-hydrogen) atoms. The minimum absolute atomic E-state index is 0.0520. The maximum absolute atomic E-state index is 13.2. The molecule has 2 aromatic carbocycles. The average Bonchev–Trinajstić information content (AvgIpc) is 3.12. The molecule has 8 nitrogen and oxygen atoms in total. The third-order valence-corrected chi connectivity index (χ3v) is 6.08. The number of ketones is 1. The summed E-state index contributed by atoms with van der Waals surface area (Å²) in [6.07, 6.45) is 1.94. The Hall–Kier alpha value is -3.52. The van der Waals surface area contributed by atoms with Gasteiger partial charge < -0.3 is 29.1 Å². The van der Waals surface area contributed by atoms with Crippen molar-refractivity contribution in [3.05, 3.63) is 59.2 Å². The smallest absolute Gasteiger partial charge is 0.295 e. The number of rotatable bonds is 9. The third-order valence-electron chi connectivity index (χ3n) is 6.08. The quantitative estimate of drug-likeness (QED) is 0.254. The first-order valence-electron chi connectivity index (χ1n) is 12.0. The first-order chi connectivity index (χ1) is 16.9. The number of fused-ring (bicyclic) bond motifs is 1. The summed E-state index contributed by atoms with van der Waals surface area (Å²) in [7, 11) is 3.81. The number of Topliss-reactive ketones (excluding diaryl/α,β-unsaturated/α-hetero) is 1. The zero-order valence-corrected chi connectivity index (χ0v) is 20.5. The molecule has 0 aromatic heterocycles. The molecule has 1 fully saturated rings. The minimum Gasteiger partial charge on any atom is -0.507 e. The molecule has 0 unspecified atom stereocenters. The number of amides is 1. The van der Waals surface area contributed by atoms with Crippen molar-refractivity contribution < 1.29 is 28.9 Å². The van der Waals surface area contributed by atoms with Crippen molar-refractivity contribution >= 4 is 17.4 Å². The number of hydrogen-bond donors (Lipinski definition) is 1. The Morgan fingerprint density at radius 1 is 1.11 bits per heavy atom. The molecule has 0 aliphatic carbocycles. The SMILES string of the molecule is CCCCOc1cccc([C@H]2/C(=C(\O)c3ccc4c(c3)OCCO4)C(=O)C(=O)N2CCN(C)C)c1. The number of likely N-dealkylation sites (tertiary alicyclic amines) is 1. The first kappa shape index (κ1) is 24.6. The summed E-state index contributed by atoms with van der Waals surface area (Å²) in [4.78, 5) is 29.8. The molecule has 1 amide bonds. The van der Waals surface area contributed by atoms with E-state index in [9.17, 15) is 14.7 Å². The van der Waals surface area contributed by atoms with Crippen LogP contribution >= 0.6 is 0 Å². The Morgan fingerprint density at radius 2 is 1.89 bits per heavy atom. The van der Waals surface area contributed by atoms with Gasteiger partial charge in [-0.05, 0) is 56.4 Å². The standard InChI is InChI=1S/C27H32N2O6/c1-4-5-13-33-20-8-6-7-18(16-20)24-23(26(31)27(32)29(24)12-11-28(2)3)25(30)19-9-10-21-22(17-19)35-15-14-34-21/h6-10,16-17,24,30H,4-5,11-15H2,1-3H3/b25-23+/t24-/m0/s1. The van der Waals surface area contributed by atoms with Crippen LogP contribution in [0.25, 0.3) is 5.76 Å². The van der Waals surface area contributed by atoms with Crippen LogP contribution in [0.4, 0.5) is 0 Å². The molecule has 2 aliphatic rings. The van der Waals surface area contributed by atoms with E-state index in [4.69, 9.17) is 14.2 Å². The molecule has 0 spiro atoms. The third kappa shape index (κ3) is 5.27. The fourth-order valence-electron chi connectivity index (χ4n) is 4.22. The number of aliphatic hydroxyl groups is 1. The van der Waals surface area contributed by atoms with Crippen LogP contribution in [0.5, 0.6) is 17.2 Å². The molecular formula is C27H32N2O6. The summed E-state index contributed by atoms with van der Waals surface area (Å²) < 4.78 is 17.1. The predicted octanol–water partition coefficient (Wildman–Crippen LogP) is 3.62. The molecule has 186 valence electrons. The molecule has 0 bridgehead atoms. The number of carbonyl (C=O) groups excluding carboxylic acids is 2. The van der Waals surface area contributed by atoms with E-state index in [2.05, 4.69) is 6.92 Å². The normalized spacial score (nSPS) is 18.9. The van der Waals surface area contributed by atoms with Crippen molar-refractivity contribution in [2.75, 3.05) is 47.0 Å². The van der Waals surface area contributed by atoms with Crippen molar-refractivity contribution in [1.82, 2.24) is 9.80 Å². The van der Waals surface area contributed by atoms with Gasteiger partial charge in [-0.25, -0.2) is 0 Å². The summed E-state index contributed by atoms with van der Waals surface area (Å²) in [5.41, 5.74) is 1.15. The average molecular weight is 481 g/mol. The van der Waals surface area contributed by atoms with Gasteiger partial charge in [0.15, 0.2) is 11.5 Å². The molecule has 8 heteroatoms. The predicted molar refractivity (Wildman–Crippen MR) is 132 cm³/mol. The second-order valence-electron chi connectivity index (χ2n) is 8.93. The van der Waals surface area contributed by atoms with Crippen molar-refractivity contribution in [3.63, 3.8) is 0 Å². The number of carbonyl (C=O) groups is 2. The first-order valence-corrected chi connectivity index (χ1v) is 12.0. The van der Waals surface area contributed by atoms with E-state index < -0.39 is 17.7 Å². The highest BCUT2D eigenvalue weighted by atomic mass is 16.6. The molecule has 4 rings (SSSR count). The van der Waals surface area contributed by atoms with Crippen molar-refractivity contribution in [2.45, 2.75) is 25.8 Å². The van der Waals surface area contributed by atoms with Gasteiger partial charge in [0.05, 0.1) is 18.2 Å². The fourth-order valence-corrected chi connectivity index (χ4v) is 4.22. The van der Waals surface area contributed by atoms with Crippen molar-refractivity contribution in [1.29, 1.82) is 0 Å². The summed E-state index contributed by atoms with van der Waals surface area (Å²) in [6.45, 7) is 4.43. The monoisotopic (exact) mass is 480 g/mol. The number of unbranched alkanes of at least 4 members (excludes halogenated alkanes) is 1. The Kier molecular flexibility index (Phi) is 7.60. The molecule has 2 aliphatic heterocycles. The zero-order chi connectivity index (χ0) is 24.9. The molecule has 2 aromatic rings. The van der Waals surface area contributed by atoms with Crippen LogP contribution in [0.3, 0.4) is 0 Å². The molecule has 1 atom stereocenters. The highest BCUT2D eigenvalue weighted by Crippen LogP contribution is 2.41. The molecule has 1 N–H and O–H groups in total. The van der Waals surface area contributed by atoms with Gasteiger partial charge in [0, 0.05) is 18.7 Å². The van der Waals surface area contributed by atoms with Crippen LogP contribution in [0.15, 0.2) is 48.0 Å². The van der Waals surface area contributed by atoms with Crippen LogP contribution in [0.2, 0.25) is 0 Å². The molecule has 0 radical (unpaired) electrons. The Balaban J connectivity index is 1.77. The van der Waals surface area contributed by atoms with Crippen LogP contribution in [-0.4, -0.2) is 73.6 Å². The number of hydrogen-bond acceptors (Lipinski definition) is 7. The number of ether oxygens (including phenoxy) is 3. The highest BCUT2D eigenvalue weighted by Gasteiger charge is 2.46. The molecular weight excluding hydrogens is 448 g/mol. The van der Waals surface area contributed by atoms with Crippen molar-refractivity contribution in [3.8, 4) is 17.2 Å². The number of aliphatic hydroxyl groups excluding tert-OH is 1. The molecule has 2 heterocycles. The lowest BCUT2D eigenvalue weighted by Crippen LogP contribution is -2.35. The van der Waals surface area contributed by atoms with E-state index >= 15 is 0 Å². The lowest BCUT2D eigenvalue weighted by atomic mass is 9.95. The van der Waals surface area contributed by atoms with E-state index in [0.29, 0.717) is 61.3 Å². The van der Waals surface area contributed by atoms with Crippen molar-refractivity contribution in [2.24, 2.45) is 0 Å². The number of likely N-dealkylation sites (N-methyl/N-ethyl adjacent to an activating group) is 1. The molecule has 1 saturated heterocycles. The van der Waals surface area contributed by atoms with Gasteiger partial charge in [-0.15, -0.1) is 0 Å². The minimum atomic E-state index is -0.738. The highest BCUT2D eigenvalue weighted by molar-refractivity contribution is 6.46. The van der Waals surface area contributed by atoms with E-state index in [1.54, 1.807) is 18.2 Å². The second kappa shape index (κ2) is 10.8. The summed E-state index contributed by atoms with van der Waals surface area (Å²) >= 11 is 0. The van der Waals surface area contributed by atoms with E-state index in [1.165, 1.54) is 4.90 Å². The molecule has 0 saturated carbocycles. The van der Waals surface area contributed by atoms with Crippen LogP contribution in [0, 0.1) is 0 Å². The maximum Gasteiger partial charge on any atom is 0.295 e. The van der Waals surface area contributed by atoms with Gasteiger partial charge in [0.2, 0.25) is 0 Å². The van der Waals surface area contributed by atoms with E-state index in [0.717, 1.165) is 12.8 Å². The lowest BCUT2D eigenvalue weighted by molar-refractivity contribution is -0.140. The van der Waals surface area contributed by atoms with Gasteiger partial charge in [0.1, 0.15) is 24.7 Å².